The number of allylic oxidation sites excluding steroid dienone is 2. The molecule has 0 bridgehead atoms. The summed E-state index contributed by atoms with van der Waals surface area (Å²) in [6, 6.07) is -0.724. The molecule has 9 nitrogen and oxygen atoms in total. The summed E-state index contributed by atoms with van der Waals surface area (Å²) in [5, 5.41) is 10.8. The van der Waals surface area contributed by atoms with Crippen molar-refractivity contribution >= 4 is 17.6 Å². The third-order valence-electron chi connectivity index (χ3n) is 6.68. The van der Waals surface area contributed by atoms with Crippen LogP contribution in [0, 0.1) is 11.3 Å². The molecule has 3 fully saturated rings. The first-order valence-corrected chi connectivity index (χ1v) is 13.2. The Morgan fingerprint density at radius 3 is 2.86 bits per heavy atom. The van der Waals surface area contributed by atoms with Gasteiger partial charge in [-0.3, -0.25) is 15.1 Å². The molecule has 0 aromatic heterocycles. The van der Waals surface area contributed by atoms with E-state index in [1.807, 2.05) is 11.8 Å². The number of amides is 1. The highest BCUT2D eigenvalue weighted by Crippen LogP contribution is 2.16. The van der Waals surface area contributed by atoms with E-state index in [2.05, 4.69) is 35.4 Å². The number of nitrogens with two attached hydrogens (primary N) is 1. The summed E-state index contributed by atoms with van der Waals surface area (Å²) < 4.78 is 11.4. The van der Waals surface area contributed by atoms with Crippen LogP contribution in [-0.4, -0.2) is 92.2 Å². The largest absolute Gasteiger partial charge is 0.386 e. The van der Waals surface area contributed by atoms with Gasteiger partial charge in [0, 0.05) is 25.6 Å². The van der Waals surface area contributed by atoms with Crippen LogP contribution in [0.15, 0.2) is 28.8 Å². The van der Waals surface area contributed by atoms with Crippen LogP contribution in [0.5, 0.6) is 0 Å². The third-order valence-corrected chi connectivity index (χ3v) is 6.68. The van der Waals surface area contributed by atoms with Crippen molar-refractivity contribution < 1.29 is 14.3 Å². The van der Waals surface area contributed by atoms with Crippen molar-refractivity contribution in [1.82, 2.24) is 15.1 Å². The standard InChI is InChI=1S/C26H44N6O3/c1-3-4-5-9-21(16-31-12-6-7-13-31)10-8-14-32-17-23(33)30-24(25(27)28)26(32)29-20(2)35-19-22-11-15-34-18-22/h4-5,10,20,22,24H,3,6-9,11-19H2,1-2H3,(H3,27,28)(H,30,33). The van der Waals surface area contributed by atoms with Gasteiger partial charge >= 0.3 is 0 Å². The van der Waals surface area contributed by atoms with Crippen molar-refractivity contribution in [3.8, 4) is 0 Å². The Hall–Kier alpha value is -2.23. The molecule has 0 radical (unpaired) electrons. The number of piperazine rings is 1. The quantitative estimate of drug-likeness (QED) is 0.208. The molecule has 3 unspecified atom stereocenters. The minimum atomic E-state index is -0.724. The molecule has 35 heavy (non-hydrogen) atoms. The monoisotopic (exact) mass is 488 g/mol. The Morgan fingerprint density at radius 1 is 1.37 bits per heavy atom. The predicted octanol–water partition coefficient (Wildman–Crippen LogP) is 2.29. The number of carbonyl (C=O) groups excluding carboxylic acids is 1. The second-order valence-electron chi connectivity index (χ2n) is 9.75. The lowest BCUT2D eigenvalue weighted by Gasteiger charge is -2.36. The number of ether oxygens (including phenoxy) is 2. The Bertz CT molecular complexity index is 784. The van der Waals surface area contributed by atoms with Gasteiger partial charge in [0.05, 0.1) is 19.8 Å². The highest BCUT2D eigenvalue weighted by Gasteiger charge is 2.33. The predicted molar refractivity (Wildman–Crippen MR) is 140 cm³/mol. The lowest BCUT2D eigenvalue weighted by Crippen LogP contribution is -2.62. The number of nitrogens with one attached hydrogen (secondary N) is 2. The smallest absolute Gasteiger partial charge is 0.240 e. The molecule has 1 amide bonds. The number of likely N-dealkylation sites (tertiary alicyclic amines) is 1. The maximum atomic E-state index is 12.4. The van der Waals surface area contributed by atoms with E-state index in [4.69, 9.17) is 25.6 Å². The number of nitrogens with zero attached hydrogens (tertiary/aromatic N) is 3. The fourth-order valence-corrected chi connectivity index (χ4v) is 4.75. The maximum Gasteiger partial charge on any atom is 0.240 e. The number of aliphatic imine (C=N–C) groups is 1. The Kier molecular flexibility index (Phi) is 11.2. The summed E-state index contributed by atoms with van der Waals surface area (Å²) in [6.07, 6.45) is 12.7. The van der Waals surface area contributed by atoms with Crippen LogP contribution in [0.3, 0.4) is 0 Å². The zero-order valence-corrected chi connectivity index (χ0v) is 21.5. The number of carbonyl (C=O) groups is 1. The molecule has 3 aliphatic heterocycles. The molecule has 0 spiro atoms. The van der Waals surface area contributed by atoms with Crippen LogP contribution in [0.2, 0.25) is 0 Å². The summed E-state index contributed by atoms with van der Waals surface area (Å²) in [5.74, 6) is 0.734. The van der Waals surface area contributed by atoms with Crippen LogP contribution < -0.4 is 11.1 Å². The van der Waals surface area contributed by atoms with E-state index in [9.17, 15) is 4.79 Å². The van der Waals surface area contributed by atoms with Crippen molar-refractivity contribution in [2.24, 2.45) is 16.6 Å². The molecule has 3 saturated heterocycles. The van der Waals surface area contributed by atoms with E-state index < -0.39 is 12.3 Å². The van der Waals surface area contributed by atoms with E-state index in [1.165, 1.54) is 31.5 Å². The van der Waals surface area contributed by atoms with E-state index in [-0.39, 0.29) is 18.3 Å². The third kappa shape index (κ3) is 9.05. The summed E-state index contributed by atoms with van der Waals surface area (Å²) in [4.78, 5) is 21.6. The molecule has 0 saturated carbocycles. The van der Waals surface area contributed by atoms with E-state index in [0.29, 0.717) is 24.9 Å². The van der Waals surface area contributed by atoms with Crippen molar-refractivity contribution in [1.29, 1.82) is 5.41 Å². The van der Waals surface area contributed by atoms with Crippen LogP contribution >= 0.6 is 0 Å². The van der Waals surface area contributed by atoms with Crippen molar-refractivity contribution in [2.45, 2.75) is 64.6 Å². The Balaban J connectivity index is 1.66. The van der Waals surface area contributed by atoms with Crippen LogP contribution in [0.4, 0.5) is 0 Å². The van der Waals surface area contributed by atoms with Crippen molar-refractivity contribution in [2.75, 3.05) is 52.5 Å². The highest BCUT2D eigenvalue weighted by molar-refractivity contribution is 6.12. The normalized spacial score (nSPS) is 26.1. The van der Waals surface area contributed by atoms with Gasteiger partial charge < -0.3 is 25.4 Å². The van der Waals surface area contributed by atoms with Gasteiger partial charge in [0.15, 0.2) is 0 Å². The number of hydrogen-bond donors (Lipinski definition) is 3. The topological polar surface area (TPSA) is 116 Å². The maximum absolute atomic E-state index is 12.4. The molecule has 4 N–H and O–H groups in total. The molecular formula is C26H44N6O3. The molecule has 0 aromatic rings. The minimum Gasteiger partial charge on any atom is -0.386 e. The Labute approximate surface area is 210 Å². The van der Waals surface area contributed by atoms with Crippen LogP contribution in [-0.2, 0) is 14.3 Å². The number of rotatable bonds is 13. The van der Waals surface area contributed by atoms with E-state index in [1.54, 1.807) is 0 Å². The fraction of sp³-hybridized carbons (Fsp3) is 0.731. The number of hydrogen-bond acceptors (Lipinski definition) is 6. The molecule has 9 heteroatoms. The van der Waals surface area contributed by atoms with Crippen LogP contribution in [0.25, 0.3) is 0 Å². The zero-order chi connectivity index (χ0) is 25.0. The Morgan fingerprint density at radius 2 is 2.17 bits per heavy atom. The summed E-state index contributed by atoms with van der Waals surface area (Å²) in [7, 11) is 0. The average Bonchev–Trinajstić information content (AvgIpc) is 3.53. The van der Waals surface area contributed by atoms with Gasteiger partial charge in [0.2, 0.25) is 5.91 Å². The first-order chi connectivity index (χ1) is 17.0. The van der Waals surface area contributed by atoms with Crippen LogP contribution in [0.1, 0.15) is 52.4 Å². The first-order valence-electron chi connectivity index (χ1n) is 13.2. The summed E-state index contributed by atoms with van der Waals surface area (Å²) >= 11 is 0. The zero-order valence-electron chi connectivity index (χ0n) is 21.5. The first kappa shape index (κ1) is 27.4. The lowest BCUT2D eigenvalue weighted by molar-refractivity contribution is -0.122. The lowest BCUT2D eigenvalue weighted by atomic mass is 10.1. The molecule has 3 atom stereocenters. The summed E-state index contributed by atoms with van der Waals surface area (Å²) in [5.41, 5.74) is 7.26. The van der Waals surface area contributed by atoms with Gasteiger partial charge in [-0.2, -0.15) is 0 Å². The molecule has 3 rings (SSSR count). The average molecular weight is 489 g/mol. The van der Waals surface area contributed by atoms with Crippen molar-refractivity contribution in [3.63, 3.8) is 0 Å². The molecule has 3 aliphatic rings. The minimum absolute atomic E-state index is 0.117. The molecule has 196 valence electrons. The van der Waals surface area contributed by atoms with Gasteiger partial charge in [0.25, 0.3) is 0 Å². The van der Waals surface area contributed by atoms with Gasteiger partial charge in [-0.1, -0.05) is 30.7 Å². The SMILES string of the molecule is CCC=CCC(=CCCN1CC(=O)NC(C(=N)N)C1=NC(C)OCC1CCOC1)CN1CCCC1. The summed E-state index contributed by atoms with van der Waals surface area (Å²) in [6.45, 7) is 10.3. The molecule has 3 heterocycles. The van der Waals surface area contributed by atoms with Gasteiger partial charge in [0.1, 0.15) is 23.9 Å². The van der Waals surface area contributed by atoms with Gasteiger partial charge in [-0.25, -0.2) is 4.99 Å². The molecule has 0 aromatic carbocycles. The van der Waals surface area contributed by atoms with Crippen molar-refractivity contribution in [3.05, 3.63) is 23.8 Å². The second-order valence-corrected chi connectivity index (χ2v) is 9.75. The van der Waals surface area contributed by atoms with Gasteiger partial charge in [-0.15, -0.1) is 0 Å². The highest BCUT2D eigenvalue weighted by atomic mass is 16.5. The molecule has 0 aliphatic carbocycles. The molecular weight excluding hydrogens is 444 g/mol. The van der Waals surface area contributed by atoms with Gasteiger partial charge in [-0.05, 0) is 58.5 Å². The second kappa shape index (κ2) is 14.4. The van der Waals surface area contributed by atoms with E-state index >= 15 is 0 Å². The number of amidine groups is 2. The van der Waals surface area contributed by atoms with E-state index in [0.717, 1.165) is 45.4 Å². The fourth-order valence-electron chi connectivity index (χ4n) is 4.75.